The Bertz CT molecular complexity index is 1060. The molecule has 0 aliphatic carbocycles. The number of methoxy groups -OCH3 is 2. The summed E-state index contributed by atoms with van der Waals surface area (Å²) < 4.78 is 29.8. The first kappa shape index (κ1) is 17.4. The van der Waals surface area contributed by atoms with Crippen LogP contribution in [0.25, 0.3) is 22.4 Å². The van der Waals surface area contributed by atoms with E-state index in [1.165, 1.54) is 26.4 Å². The smallest absolute Gasteiger partial charge is 0.355 e. The molecule has 0 atom stereocenters. The van der Waals surface area contributed by atoms with Gasteiger partial charge in [-0.05, 0) is 42.0 Å². The van der Waals surface area contributed by atoms with Gasteiger partial charge in [-0.15, -0.1) is 0 Å². The van der Waals surface area contributed by atoms with Gasteiger partial charge in [0.25, 0.3) is 0 Å². The molecular formula is C20H15ClFNO4. The Morgan fingerprint density at radius 2 is 2.04 bits per heavy atom. The minimum atomic E-state index is -0.545. The number of halogens is 2. The summed E-state index contributed by atoms with van der Waals surface area (Å²) in [5, 5.41) is 0.457. The van der Waals surface area contributed by atoms with Crippen molar-refractivity contribution in [3.05, 3.63) is 58.5 Å². The average Bonchev–Trinajstić information content (AvgIpc) is 3.06. The Hall–Kier alpha value is -2.99. The molecule has 7 heteroatoms. The highest BCUT2D eigenvalue weighted by Crippen LogP contribution is 2.44. The first-order chi connectivity index (χ1) is 13.0. The molecule has 0 spiro atoms. The van der Waals surface area contributed by atoms with Crippen molar-refractivity contribution in [1.29, 1.82) is 0 Å². The summed E-state index contributed by atoms with van der Waals surface area (Å²) in [5.41, 5.74) is 3.38. The maximum atomic E-state index is 13.8. The normalized spacial score (nSPS) is 12.0. The summed E-state index contributed by atoms with van der Waals surface area (Å²) in [5.74, 6) is 0.143. The maximum absolute atomic E-state index is 13.8. The van der Waals surface area contributed by atoms with Gasteiger partial charge in [0.05, 0.1) is 19.9 Å². The van der Waals surface area contributed by atoms with Crippen molar-refractivity contribution < 1.29 is 23.4 Å². The van der Waals surface area contributed by atoms with Gasteiger partial charge in [-0.25, -0.2) is 9.18 Å². The molecule has 0 radical (unpaired) electrons. The Morgan fingerprint density at radius 3 is 2.78 bits per heavy atom. The van der Waals surface area contributed by atoms with E-state index in [-0.39, 0.29) is 12.3 Å². The lowest BCUT2D eigenvalue weighted by Crippen LogP contribution is -2.06. The van der Waals surface area contributed by atoms with Crippen LogP contribution < -0.4 is 9.47 Å². The Balaban J connectivity index is 2.00. The van der Waals surface area contributed by atoms with E-state index in [9.17, 15) is 9.18 Å². The molecule has 0 fully saturated rings. The number of benzene rings is 2. The Kier molecular flexibility index (Phi) is 4.28. The van der Waals surface area contributed by atoms with Gasteiger partial charge in [-0.1, -0.05) is 11.6 Å². The van der Waals surface area contributed by atoms with Crippen molar-refractivity contribution in [1.82, 2.24) is 4.98 Å². The van der Waals surface area contributed by atoms with Gasteiger partial charge in [0.2, 0.25) is 0 Å². The molecule has 1 aromatic heterocycles. The van der Waals surface area contributed by atoms with Gasteiger partial charge in [0, 0.05) is 21.7 Å². The van der Waals surface area contributed by atoms with E-state index < -0.39 is 11.8 Å². The van der Waals surface area contributed by atoms with E-state index in [1.54, 1.807) is 24.3 Å². The molecule has 5 nitrogen and oxygen atoms in total. The predicted molar refractivity (Wildman–Crippen MR) is 98.9 cm³/mol. The number of carbonyl (C=O) groups excluding carboxylic acids is 1. The zero-order valence-corrected chi connectivity index (χ0v) is 15.3. The van der Waals surface area contributed by atoms with Crippen LogP contribution >= 0.6 is 11.6 Å². The summed E-state index contributed by atoms with van der Waals surface area (Å²) in [6.07, 6.45) is 0. The van der Waals surface area contributed by atoms with E-state index in [1.807, 2.05) is 0 Å². The van der Waals surface area contributed by atoms with E-state index in [0.717, 1.165) is 5.56 Å². The third-order valence-corrected chi connectivity index (χ3v) is 4.69. The monoisotopic (exact) mass is 387 g/mol. The fourth-order valence-electron chi connectivity index (χ4n) is 3.29. The SMILES string of the molecule is COC(=O)c1[nH]c2c(c1-c1cc(Cl)cc(OC)c1)COc1ccc(F)cc1-2. The zero-order chi connectivity index (χ0) is 19.1. The first-order valence-corrected chi connectivity index (χ1v) is 8.50. The number of nitrogens with one attached hydrogen (secondary N) is 1. The Morgan fingerprint density at radius 1 is 1.22 bits per heavy atom. The van der Waals surface area contributed by atoms with Crippen LogP contribution in [0.5, 0.6) is 11.5 Å². The maximum Gasteiger partial charge on any atom is 0.355 e. The van der Waals surface area contributed by atoms with Crippen molar-refractivity contribution in [3.63, 3.8) is 0 Å². The van der Waals surface area contributed by atoms with E-state index >= 15 is 0 Å². The molecule has 0 saturated carbocycles. The highest BCUT2D eigenvalue weighted by molar-refractivity contribution is 6.31. The molecule has 4 rings (SSSR count). The molecule has 138 valence electrons. The molecule has 0 bridgehead atoms. The second-order valence-electron chi connectivity index (χ2n) is 6.03. The number of rotatable bonds is 3. The van der Waals surface area contributed by atoms with Gasteiger partial charge in [-0.3, -0.25) is 0 Å². The lowest BCUT2D eigenvalue weighted by atomic mass is 9.96. The minimum Gasteiger partial charge on any atom is -0.497 e. The van der Waals surface area contributed by atoms with Gasteiger partial charge < -0.3 is 19.2 Å². The standard InChI is InChI=1S/C20H15ClFNO4/c1-25-13-6-10(5-11(21)7-13)17-15-9-27-16-4-3-12(22)8-14(16)18(15)23-19(17)20(24)26-2/h3-8,23H,9H2,1-2H3. The summed E-state index contributed by atoms with van der Waals surface area (Å²) in [4.78, 5) is 15.5. The molecular weight excluding hydrogens is 373 g/mol. The zero-order valence-electron chi connectivity index (χ0n) is 14.6. The van der Waals surface area contributed by atoms with Crippen LogP contribution in [-0.4, -0.2) is 25.2 Å². The number of hydrogen-bond acceptors (Lipinski definition) is 4. The molecule has 1 aliphatic heterocycles. The van der Waals surface area contributed by atoms with Crippen LogP contribution in [0.2, 0.25) is 5.02 Å². The highest BCUT2D eigenvalue weighted by atomic mass is 35.5. The number of aromatic amines is 1. The number of hydrogen-bond donors (Lipinski definition) is 1. The Labute approximate surface area is 159 Å². The summed E-state index contributed by atoms with van der Waals surface area (Å²) in [7, 11) is 2.83. The highest BCUT2D eigenvalue weighted by Gasteiger charge is 2.29. The van der Waals surface area contributed by atoms with Crippen molar-refractivity contribution in [2.75, 3.05) is 14.2 Å². The van der Waals surface area contributed by atoms with Crippen molar-refractivity contribution in [2.24, 2.45) is 0 Å². The summed E-state index contributed by atoms with van der Waals surface area (Å²) >= 11 is 6.21. The van der Waals surface area contributed by atoms with Crippen LogP contribution in [0.3, 0.4) is 0 Å². The van der Waals surface area contributed by atoms with Crippen molar-refractivity contribution in [2.45, 2.75) is 6.61 Å². The molecule has 2 heterocycles. The molecule has 0 saturated heterocycles. The lowest BCUT2D eigenvalue weighted by Gasteiger charge is -2.19. The van der Waals surface area contributed by atoms with E-state index in [0.29, 0.717) is 38.9 Å². The van der Waals surface area contributed by atoms with Gasteiger partial charge in [0.15, 0.2) is 0 Å². The number of fused-ring (bicyclic) bond motifs is 3. The summed E-state index contributed by atoms with van der Waals surface area (Å²) in [6.45, 7) is 0.214. The first-order valence-electron chi connectivity index (χ1n) is 8.12. The molecule has 27 heavy (non-hydrogen) atoms. The molecule has 2 aromatic carbocycles. The lowest BCUT2D eigenvalue weighted by molar-refractivity contribution is 0.0596. The third kappa shape index (κ3) is 2.92. The molecule has 0 amide bonds. The largest absolute Gasteiger partial charge is 0.497 e. The molecule has 1 N–H and O–H groups in total. The van der Waals surface area contributed by atoms with Crippen LogP contribution in [-0.2, 0) is 11.3 Å². The van der Waals surface area contributed by atoms with Crippen LogP contribution in [0, 0.1) is 5.82 Å². The predicted octanol–water partition coefficient (Wildman–Crippen LogP) is 4.83. The van der Waals surface area contributed by atoms with E-state index in [4.69, 9.17) is 25.8 Å². The van der Waals surface area contributed by atoms with Gasteiger partial charge in [-0.2, -0.15) is 0 Å². The number of esters is 1. The third-order valence-electron chi connectivity index (χ3n) is 4.47. The number of ether oxygens (including phenoxy) is 3. The van der Waals surface area contributed by atoms with Crippen molar-refractivity contribution in [3.8, 4) is 33.9 Å². The summed E-state index contributed by atoms with van der Waals surface area (Å²) in [6, 6.07) is 9.42. The van der Waals surface area contributed by atoms with E-state index in [2.05, 4.69) is 4.98 Å². The second-order valence-corrected chi connectivity index (χ2v) is 6.47. The van der Waals surface area contributed by atoms with Crippen LogP contribution in [0.1, 0.15) is 16.1 Å². The number of H-pyrrole nitrogens is 1. The number of carbonyl (C=O) groups is 1. The average molecular weight is 388 g/mol. The van der Waals surface area contributed by atoms with Gasteiger partial charge >= 0.3 is 5.97 Å². The van der Waals surface area contributed by atoms with Crippen LogP contribution in [0.15, 0.2) is 36.4 Å². The molecule has 3 aromatic rings. The topological polar surface area (TPSA) is 60.6 Å². The molecule has 0 unspecified atom stereocenters. The second kappa shape index (κ2) is 6.63. The van der Waals surface area contributed by atoms with Gasteiger partial charge in [0.1, 0.15) is 29.6 Å². The quantitative estimate of drug-likeness (QED) is 0.654. The minimum absolute atomic E-state index is 0.214. The molecule has 1 aliphatic rings. The fourth-order valence-corrected chi connectivity index (χ4v) is 3.51. The van der Waals surface area contributed by atoms with Crippen LogP contribution in [0.4, 0.5) is 4.39 Å². The fraction of sp³-hybridized carbons (Fsp3) is 0.150. The number of aromatic nitrogens is 1. The van der Waals surface area contributed by atoms with Crippen molar-refractivity contribution >= 4 is 17.6 Å².